The summed E-state index contributed by atoms with van der Waals surface area (Å²) in [4.78, 5) is 8.43. The number of nitrogens with one attached hydrogen (secondary N) is 2. The fraction of sp³-hybridized carbons (Fsp3) is 0.357. The standard InChI is InChI=1S/C14H20N6/c1-12-9-19-20(11-12)8-7-17-14(15-2)18-10-13-5-3-4-6-16-13/h3-6,9,11H,7-8,10H2,1-2H3,(H2,15,17,18). The van der Waals surface area contributed by atoms with Crippen molar-refractivity contribution in [3.8, 4) is 0 Å². The van der Waals surface area contributed by atoms with E-state index in [1.807, 2.05) is 42.2 Å². The van der Waals surface area contributed by atoms with Crippen LogP contribution in [0.1, 0.15) is 11.3 Å². The summed E-state index contributed by atoms with van der Waals surface area (Å²) in [6.07, 6.45) is 5.66. The van der Waals surface area contributed by atoms with Gasteiger partial charge >= 0.3 is 0 Å². The van der Waals surface area contributed by atoms with E-state index in [0.29, 0.717) is 6.54 Å². The van der Waals surface area contributed by atoms with Crippen LogP contribution in [-0.2, 0) is 13.1 Å². The van der Waals surface area contributed by atoms with Crippen molar-refractivity contribution in [2.75, 3.05) is 13.6 Å². The molecule has 0 aliphatic heterocycles. The van der Waals surface area contributed by atoms with Crippen molar-refractivity contribution >= 4 is 5.96 Å². The van der Waals surface area contributed by atoms with Crippen LogP contribution in [0.4, 0.5) is 0 Å². The van der Waals surface area contributed by atoms with Crippen LogP contribution in [0, 0.1) is 6.92 Å². The molecule has 0 aliphatic rings. The Hall–Kier alpha value is -2.37. The van der Waals surface area contributed by atoms with Crippen molar-refractivity contribution in [1.29, 1.82) is 0 Å². The summed E-state index contributed by atoms with van der Waals surface area (Å²) in [6.45, 7) is 4.26. The van der Waals surface area contributed by atoms with Crippen molar-refractivity contribution in [1.82, 2.24) is 25.4 Å². The number of rotatable bonds is 5. The van der Waals surface area contributed by atoms with Gasteiger partial charge in [-0.25, -0.2) is 0 Å². The molecule has 106 valence electrons. The number of nitrogens with zero attached hydrogens (tertiary/aromatic N) is 4. The van der Waals surface area contributed by atoms with Crippen LogP contribution in [-0.4, -0.2) is 34.3 Å². The van der Waals surface area contributed by atoms with Gasteiger partial charge in [0.1, 0.15) is 0 Å². The molecule has 2 N–H and O–H groups in total. The Bertz CT molecular complexity index is 546. The molecule has 0 saturated carbocycles. The van der Waals surface area contributed by atoms with E-state index < -0.39 is 0 Å². The molecule has 0 aliphatic carbocycles. The molecule has 0 amide bonds. The highest BCUT2D eigenvalue weighted by Crippen LogP contribution is 1.93. The first-order valence-corrected chi connectivity index (χ1v) is 6.61. The topological polar surface area (TPSA) is 67.1 Å². The summed E-state index contributed by atoms with van der Waals surface area (Å²) in [7, 11) is 1.76. The van der Waals surface area contributed by atoms with E-state index in [2.05, 4.69) is 25.7 Å². The number of guanidine groups is 1. The zero-order valence-corrected chi connectivity index (χ0v) is 11.9. The van der Waals surface area contributed by atoms with Crippen molar-refractivity contribution < 1.29 is 0 Å². The highest BCUT2D eigenvalue weighted by Gasteiger charge is 1.99. The lowest BCUT2D eigenvalue weighted by Gasteiger charge is -2.11. The quantitative estimate of drug-likeness (QED) is 0.628. The molecule has 0 fully saturated rings. The molecule has 0 bridgehead atoms. The summed E-state index contributed by atoms with van der Waals surface area (Å²) in [5.74, 6) is 0.763. The zero-order valence-electron chi connectivity index (χ0n) is 11.9. The lowest BCUT2D eigenvalue weighted by Crippen LogP contribution is -2.38. The average molecular weight is 272 g/mol. The number of aliphatic imine (C=N–C) groups is 1. The van der Waals surface area contributed by atoms with E-state index in [0.717, 1.165) is 24.7 Å². The van der Waals surface area contributed by atoms with Crippen LogP contribution in [0.15, 0.2) is 41.8 Å². The molecule has 6 nitrogen and oxygen atoms in total. The summed E-state index contributed by atoms with van der Waals surface area (Å²) < 4.78 is 1.91. The van der Waals surface area contributed by atoms with Gasteiger partial charge in [0, 0.05) is 26.0 Å². The number of hydrogen-bond acceptors (Lipinski definition) is 3. The second-order valence-corrected chi connectivity index (χ2v) is 4.45. The van der Waals surface area contributed by atoms with Gasteiger partial charge in [-0.1, -0.05) is 6.07 Å². The third-order valence-electron chi connectivity index (χ3n) is 2.78. The molecule has 0 atom stereocenters. The largest absolute Gasteiger partial charge is 0.355 e. The molecule has 0 radical (unpaired) electrons. The van der Waals surface area contributed by atoms with E-state index in [9.17, 15) is 0 Å². The zero-order chi connectivity index (χ0) is 14.2. The van der Waals surface area contributed by atoms with E-state index >= 15 is 0 Å². The maximum absolute atomic E-state index is 4.26. The van der Waals surface area contributed by atoms with Crippen molar-refractivity contribution in [2.24, 2.45) is 4.99 Å². The van der Waals surface area contributed by atoms with Crippen LogP contribution < -0.4 is 10.6 Å². The number of pyridine rings is 1. The molecule has 0 spiro atoms. The summed E-state index contributed by atoms with van der Waals surface area (Å²) in [5, 5.41) is 10.7. The number of aryl methyl sites for hydroxylation is 1. The summed E-state index contributed by atoms with van der Waals surface area (Å²) >= 11 is 0. The molecule has 2 aromatic heterocycles. The highest BCUT2D eigenvalue weighted by atomic mass is 15.3. The van der Waals surface area contributed by atoms with Crippen LogP contribution >= 0.6 is 0 Å². The number of hydrogen-bond donors (Lipinski definition) is 2. The third-order valence-corrected chi connectivity index (χ3v) is 2.78. The van der Waals surface area contributed by atoms with Gasteiger partial charge in [0.15, 0.2) is 5.96 Å². The van der Waals surface area contributed by atoms with Crippen LogP contribution in [0.3, 0.4) is 0 Å². The molecule has 0 unspecified atom stereocenters. The SMILES string of the molecule is CN=C(NCCn1cc(C)cn1)NCc1ccccn1. The minimum absolute atomic E-state index is 0.654. The van der Waals surface area contributed by atoms with E-state index in [-0.39, 0.29) is 0 Å². The normalized spacial score (nSPS) is 11.4. The van der Waals surface area contributed by atoms with E-state index in [4.69, 9.17) is 0 Å². The lowest BCUT2D eigenvalue weighted by atomic mass is 10.3. The smallest absolute Gasteiger partial charge is 0.191 e. The fourth-order valence-corrected chi connectivity index (χ4v) is 1.78. The van der Waals surface area contributed by atoms with Crippen molar-refractivity contribution in [3.05, 3.63) is 48.0 Å². The molecule has 2 rings (SSSR count). The van der Waals surface area contributed by atoms with Gasteiger partial charge in [-0.2, -0.15) is 5.10 Å². The Kier molecular flexibility index (Phi) is 5.11. The third kappa shape index (κ3) is 4.38. The van der Waals surface area contributed by atoms with Gasteiger partial charge in [-0.15, -0.1) is 0 Å². The van der Waals surface area contributed by atoms with E-state index in [1.54, 1.807) is 13.2 Å². The van der Waals surface area contributed by atoms with Gasteiger partial charge in [-0.3, -0.25) is 14.7 Å². The van der Waals surface area contributed by atoms with Crippen LogP contribution in [0.5, 0.6) is 0 Å². The predicted octanol–water partition coefficient (Wildman–Crippen LogP) is 0.952. The molecule has 2 heterocycles. The maximum Gasteiger partial charge on any atom is 0.191 e. The summed E-state index contributed by atoms with van der Waals surface area (Å²) in [5.41, 5.74) is 2.15. The molecule has 6 heteroatoms. The minimum Gasteiger partial charge on any atom is -0.355 e. The first-order chi connectivity index (χ1) is 9.78. The molecule has 0 saturated heterocycles. The first kappa shape index (κ1) is 14.0. The van der Waals surface area contributed by atoms with Crippen LogP contribution in [0.2, 0.25) is 0 Å². The average Bonchev–Trinajstić information content (AvgIpc) is 2.89. The van der Waals surface area contributed by atoms with Gasteiger partial charge < -0.3 is 10.6 Å². The second-order valence-electron chi connectivity index (χ2n) is 4.45. The highest BCUT2D eigenvalue weighted by molar-refractivity contribution is 5.79. The van der Waals surface area contributed by atoms with E-state index in [1.165, 1.54) is 5.56 Å². The number of aromatic nitrogens is 3. The predicted molar refractivity (Wildman–Crippen MR) is 79.4 cm³/mol. The van der Waals surface area contributed by atoms with Gasteiger partial charge in [-0.05, 0) is 24.6 Å². The lowest BCUT2D eigenvalue weighted by molar-refractivity contribution is 0.597. The van der Waals surface area contributed by atoms with Crippen molar-refractivity contribution in [2.45, 2.75) is 20.0 Å². The minimum atomic E-state index is 0.654. The van der Waals surface area contributed by atoms with Gasteiger partial charge in [0.2, 0.25) is 0 Å². The van der Waals surface area contributed by atoms with Crippen molar-refractivity contribution in [3.63, 3.8) is 0 Å². The van der Waals surface area contributed by atoms with Crippen LogP contribution in [0.25, 0.3) is 0 Å². The maximum atomic E-state index is 4.26. The molecular formula is C14H20N6. The fourth-order valence-electron chi connectivity index (χ4n) is 1.78. The summed E-state index contributed by atoms with van der Waals surface area (Å²) in [6, 6.07) is 5.86. The molecular weight excluding hydrogens is 252 g/mol. The second kappa shape index (κ2) is 7.28. The Morgan fingerprint density at radius 3 is 2.90 bits per heavy atom. The molecule has 0 aromatic carbocycles. The Labute approximate surface area is 119 Å². The van der Waals surface area contributed by atoms with Gasteiger partial charge in [0.25, 0.3) is 0 Å². The monoisotopic (exact) mass is 272 g/mol. The Morgan fingerprint density at radius 2 is 2.25 bits per heavy atom. The molecule has 20 heavy (non-hydrogen) atoms. The Balaban J connectivity index is 1.73. The van der Waals surface area contributed by atoms with Gasteiger partial charge in [0.05, 0.1) is 25.0 Å². The Morgan fingerprint density at radius 1 is 1.35 bits per heavy atom. The molecule has 2 aromatic rings. The first-order valence-electron chi connectivity index (χ1n) is 6.61.